The minimum absolute atomic E-state index is 0.377. The van der Waals surface area contributed by atoms with Gasteiger partial charge >= 0.3 is 0 Å². The van der Waals surface area contributed by atoms with Crippen LogP contribution in [0.3, 0.4) is 0 Å². The maximum Gasteiger partial charge on any atom is 0.262 e. The number of halogens is 1. The van der Waals surface area contributed by atoms with Crippen LogP contribution in [0.25, 0.3) is 16.8 Å². The van der Waals surface area contributed by atoms with Crippen LogP contribution in [0.2, 0.25) is 5.02 Å². The van der Waals surface area contributed by atoms with Crippen molar-refractivity contribution in [1.82, 2.24) is 5.32 Å². The van der Waals surface area contributed by atoms with E-state index in [0.29, 0.717) is 22.1 Å². The molecule has 3 rings (SSSR count). The maximum absolute atomic E-state index is 12.4. The Morgan fingerprint density at radius 3 is 2.42 bits per heavy atom. The predicted molar refractivity (Wildman–Crippen MR) is 118 cm³/mol. The molecule has 3 aromatic carbocycles. The first-order valence-electron chi connectivity index (χ1n) is 9.48. The van der Waals surface area contributed by atoms with Gasteiger partial charge in [0.2, 0.25) is 0 Å². The molecular weight excluding hydrogens is 418 g/mol. The van der Waals surface area contributed by atoms with Crippen LogP contribution in [0.4, 0.5) is 0 Å². The number of methoxy groups -OCH3 is 1. The Morgan fingerprint density at radius 2 is 1.77 bits per heavy atom. The third-order valence-corrected chi connectivity index (χ3v) is 5.31. The summed E-state index contributed by atoms with van der Waals surface area (Å²) in [6, 6.07) is 14.5. The first kappa shape index (κ1) is 22.2. The number of amides is 1. The number of carboxylic acids is 1. The van der Waals surface area contributed by atoms with E-state index in [9.17, 15) is 14.7 Å². The summed E-state index contributed by atoms with van der Waals surface area (Å²) in [5.41, 5.74) is 1.75. The van der Waals surface area contributed by atoms with E-state index >= 15 is 0 Å². The molecule has 0 heterocycles. The van der Waals surface area contributed by atoms with Crippen LogP contribution in [0.1, 0.15) is 16.7 Å². The number of carboxylic acid groups (broad SMARTS) is 1. The van der Waals surface area contributed by atoms with Gasteiger partial charge in [0.05, 0.1) is 18.8 Å². The SMILES string of the molecule is COc1ccc2ccccc2c1/C=C(/NC(=O)COc1cc(C)c(Cl)c(C)c1)C(=O)[O-]. The summed E-state index contributed by atoms with van der Waals surface area (Å²) < 4.78 is 10.9. The minimum atomic E-state index is -1.53. The van der Waals surface area contributed by atoms with E-state index in [1.54, 1.807) is 18.2 Å². The monoisotopic (exact) mass is 438 g/mol. The second-order valence-electron chi connectivity index (χ2n) is 6.96. The Morgan fingerprint density at radius 1 is 1.10 bits per heavy atom. The van der Waals surface area contributed by atoms with Crippen molar-refractivity contribution in [2.45, 2.75) is 13.8 Å². The smallest absolute Gasteiger partial charge is 0.262 e. The summed E-state index contributed by atoms with van der Waals surface area (Å²) in [5.74, 6) is -1.24. The van der Waals surface area contributed by atoms with E-state index < -0.39 is 17.6 Å². The topological polar surface area (TPSA) is 87.7 Å². The number of carbonyl (C=O) groups is 2. The number of rotatable bonds is 7. The highest BCUT2D eigenvalue weighted by molar-refractivity contribution is 6.32. The zero-order chi connectivity index (χ0) is 22.5. The van der Waals surface area contributed by atoms with E-state index in [1.807, 2.05) is 44.2 Å². The molecule has 7 heteroatoms. The molecule has 0 spiro atoms. The second kappa shape index (κ2) is 9.53. The molecule has 1 N–H and O–H groups in total. The average molecular weight is 439 g/mol. The van der Waals surface area contributed by atoms with Crippen molar-refractivity contribution < 1.29 is 24.2 Å². The third-order valence-electron chi connectivity index (χ3n) is 4.71. The van der Waals surface area contributed by atoms with Crippen molar-refractivity contribution in [2.24, 2.45) is 0 Å². The van der Waals surface area contributed by atoms with Gasteiger partial charge < -0.3 is 24.7 Å². The standard InChI is InChI=1S/C24H22ClNO5/c1-14-10-17(11-15(2)23(14)25)31-13-22(27)26-20(24(28)29)12-19-18-7-5-4-6-16(18)8-9-21(19)30-3/h4-12H,13H2,1-3H3,(H,26,27)(H,28,29)/p-1/b20-12+. The molecule has 6 nitrogen and oxygen atoms in total. The normalized spacial score (nSPS) is 11.3. The van der Waals surface area contributed by atoms with Gasteiger partial charge in [0.15, 0.2) is 6.61 Å². The number of aryl methyl sites for hydroxylation is 2. The molecule has 0 bridgehead atoms. The molecule has 1 amide bonds. The number of nitrogens with one attached hydrogen (secondary N) is 1. The van der Waals surface area contributed by atoms with Crippen molar-refractivity contribution in [1.29, 1.82) is 0 Å². The molecule has 3 aromatic rings. The molecule has 0 atom stereocenters. The predicted octanol–water partition coefficient (Wildman–Crippen LogP) is 3.40. The molecule has 0 aromatic heterocycles. The summed E-state index contributed by atoms with van der Waals surface area (Å²) in [5, 5.41) is 16.3. The molecule has 0 unspecified atom stereocenters. The number of carbonyl (C=O) groups excluding carboxylic acids is 2. The summed E-state index contributed by atoms with van der Waals surface area (Å²) in [7, 11) is 1.49. The first-order chi connectivity index (χ1) is 14.8. The molecule has 31 heavy (non-hydrogen) atoms. The first-order valence-corrected chi connectivity index (χ1v) is 9.86. The van der Waals surface area contributed by atoms with E-state index in [0.717, 1.165) is 21.9 Å². The molecule has 0 aliphatic heterocycles. The Hall–Kier alpha value is -3.51. The Kier molecular flexibility index (Phi) is 6.82. The lowest BCUT2D eigenvalue weighted by Crippen LogP contribution is -2.37. The van der Waals surface area contributed by atoms with Gasteiger partial charge in [-0.3, -0.25) is 4.79 Å². The quantitative estimate of drug-likeness (QED) is 0.571. The van der Waals surface area contributed by atoms with Gasteiger partial charge in [-0.05, 0) is 60.0 Å². The molecule has 0 aliphatic carbocycles. The van der Waals surface area contributed by atoms with Crippen LogP contribution in [0.5, 0.6) is 11.5 Å². The molecule has 0 radical (unpaired) electrons. The highest BCUT2D eigenvalue weighted by atomic mass is 35.5. The minimum Gasteiger partial charge on any atom is -0.543 e. The van der Waals surface area contributed by atoms with Crippen LogP contribution in [0.15, 0.2) is 54.2 Å². The van der Waals surface area contributed by atoms with E-state index in [-0.39, 0.29) is 6.61 Å². The van der Waals surface area contributed by atoms with Crippen molar-refractivity contribution >= 4 is 40.3 Å². The van der Waals surface area contributed by atoms with Crippen LogP contribution < -0.4 is 19.9 Å². The highest BCUT2D eigenvalue weighted by Crippen LogP contribution is 2.30. The fourth-order valence-electron chi connectivity index (χ4n) is 3.22. The number of benzene rings is 3. The van der Waals surface area contributed by atoms with Crippen LogP contribution in [-0.2, 0) is 9.59 Å². The Balaban J connectivity index is 1.83. The fourth-order valence-corrected chi connectivity index (χ4v) is 3.33. The Labute approximate surface area is 185 Å². The van der Waals surface area contributed by atoms with Crippen molar-refractivity contribution in [3.8, 4) is 11.5 Å². The molecule has 0 saturated carbocycles. The van der Waals surface area contributed by atoms with Gasteiger partial charge in [-0.1, -0.05) is 41.9 Å². The molecule has 0 aliphatic rings. The lowest BCUT2D eigenvalue weighted by atomic mass is 10.0. The summed E-state index contributed by atoms with van der Waals surface area (Å²) in [4.78, 5) is 24.0. The molecule has 0 fully saturated rings. The van der Waals surface area contributed by atoms with Crippen LogP contribution in [-0.4, -0.2) is 25.6 Å². The molecular formula is C24H21ClNO5-. The molecule has 0 saturated heterocycles. The van der Waals surface area contributed by atoms with Gasteiger partial charge in [0.25, 0.3) is 5.91 Å². The van der Waals surface area contributed by atoms with E-state index in [2.05, 4.69) is 5.32 Å². The maximum atomic E-state index is 12.4. The van der Waals surface area contributed by atoms with Gasteiger partial charge in [-0.25, -0.2) is 0 Å². The number of hydrogen-bond acceptors (Lipinski definition) is 5. The summed E-state index contributed by atoms with van der Waals surface area (Å²) >= 11 is 6.13. The molecule has 160 valence electrons. The Bertz CT molecular complexity index is 1160. The number of ether oxygens (including phenoxy) is 2. The summed E-state index contributed by atoms with van der Waals surface area (Å²) in [6.07, 6.45) is 1.32. The fraction of sp³-hybridized carbons (Fsp3) is 0.167. The van der Waals surface area contributed by atoms with Crippen LogP contribution >= 0.6 is 11.6 Å². The lowest BCUT2D eigenvalue weighted by Gasteiger charge is -2.15. The average Bonchev–Trinajstić information content (AvgIpc) is 2.75. The van der Waals surface area contributed by atoms with E-state index in [1.165, 1.54) is 13.2 Å². The highest BCUT2D eigenvalue weighted by Gasteiger charge is 2.12. The van der Waals surface area contributed by atoms with Gasteiger partial charge in [0.1, 0.15) is 11.5 Å². The van der Waals surface area contributed by atoms with Gasteiger partial charge in [-0.2, -0.15) is 0 Å². The zero-order valence-corrected chi connectivity index (χ0v) is 18.1. The number of hydrogen-bond donors (Lipinski definition) is 1. The van der Waals surface area contributed by atoms with Crippen molar-refractivity contribution in [3.05, 3.63) is 75.9 Å². The third kappa shape index (κ3) is 5.16. The van der Waals surface area contributed by atoms with Crippen LogP contribution in [0, 0.1) is 13.8 Å². The summed E-state index contributed by atoms with van der Waals surface area (Å²) in [6.45, 7) is 3.28. The lowest BCUT2D eigenvalue weighted by molar-refractivity contribution is -0.299. The second-order valence-corrected chi connectivity index (χ2v) is 7.33. The number of aliphatic carboxylic acids is 1. The largest absolute Gasteiger partial charge is 0.543 e. The zero-order valence-electron chi connectivity index (χ0n) is 17.3. The van der Waals surface area contributed by atoms with Crippen molar-refractivity contribution in [3.63, 3.8) is 0 Å². The van der Waals surface area contributed by atoms with Gasteiger partial charge in [0, 0.05) is 10.6 Å². The van der Waals surface area contributed by atoms with Crippen molar-refractivity contribution in [2.75, 3.05) is 13.7 Å². The number of fused-ring (bicyclic) bond motifs is 1. The van der Waals surface area contributed by atoms with E-state index in [4.69, 9.17) is 21.1 Å². The van der Waals surface area contributed by atoms with Gasteiger partial charge in [-0.15, -0.1) is 0 Å².